The van der Waals surface area contributed by atoms with Gasteiger partial charge in [-0.1, -0.05) is 13.0 Å². The number of nitrogens with zero attached hydrogens (tertiary/aromatic N) is 4. The molecule has 41 heavy (non-hydrogen) atoms. The molecule has 2 aromatic rings. The van der Waals surface area contributed by atoms with Gasteiger partial charge in [-0.25, -0.2) is 9.78 Å². The third kappa shape index (κ3) is 6.66. The molecule has 14 heteroatoms. The Labute approximate surface area is 236 Å². The van der Waals surface area contributed by atoms with Gasteiger partial charge in [0, 0.05) is 30.6 Å². The van der Waals surface area contributed by atoms with E-state index in [0.29, 0.717) is 36.0 Å². The highest BCUT2D eigenvalue weighted by Gasteiger charge is 2.49. The van der Waals surface area contributed by atoms with Crippen molar-refractivity contribution in [2.24, 2.45) is 10.8 Å². The SMILES string of the molecule is COc1ccc([C@@H]2CN(C(=O)C(O)CO)C[C@@]2(C)C(C)O)cc1OC1CN(c2cc(C)c(C(=O)O)cn2)C1.O=NO. The van der Waals surface area contributed by atoms with Crippen molar-refractivity contribution in [3.63, 3.8) is 0 Å². The first kappa shape index (κ1) is 31.5. The fourth-order valence-electron chi connectivity index (χ4n) is 5.20. The average Bonchev–Trinajstić information content (AvgIpc) is 3.28. The van der Waals surface area contributed by atoms with E-state index < -0.39 is 36.1 Å². The molecule has 0 saturated carbocycles. The number of carbonyl (C=O) groups is 2. The van der Waals surface area contributed by atoms with Crippen LogP contribution in [0.3, 0.4) is 0 Å². The van der Waals surface area contributed by atoms with Gasteiger partial charge in [0.2, 0.25) is 0 Å². The maximum absolute atomic E-state index is 12.6. The van der Waals surface area contributed by atoms with Gasteiger partial charge >= 0.3 is 5.97 Å². The number of aliphatic hydroxyl groups is 3. The third-order valence-electron chi connectivity index (χ3n) is 7.84. The molecule has 5 N–H and O–H groups in total. The van der Waals surface area contributed by atoms with Gasteiger partial charge in [-0.15, -0.1) is 4.91 Å². The molecule has 2 unspecified atom stereocenters. The molecule has 0 bridgehead atoms. The number of carboxylic acids is 1. The van der Waals surface area contributed by atoms with E-state index in [9.17, 15) is 30.0 Å². The Balaban J connectivity index is 0.00000147. The van der Waals surface area contributed by atoms with Crippen LogP contribution in [-0.4, -0.2) is 106 Å². The van der Waals surface area contributed by atoms with Crippen molar-refractivity contribution in [2.75, 3.05) is 44.8 Å². The first-order chi connectivity index (χ1) is 19.4. The van der Waals surface area contributed by atoms with E-state index in [4.69, 9.17) is 19.6 Å². The van der Waals surface area contributed by atoms with Crippen LogP contribution in [0, 0.1) is 17.2 Å². The molecule has 1 amide bonds. The van der Waals surface area contributed by atoms with Crippen molar-refractivity contribution in [3.8, 4) is 11.5 Å². The molecule has 0 spiro atoms. The van der Waals surface area contributed by atoms with Crippen molar-refractivity contribution < 1.29 is 44.7 Å². The van der Waals surface area contributed by atoms with E-state index in [1.807, 2.05) is 24.0 Å². The molecule has 14 nitrogen and oxygen atoms in total. The first-order valence-electron chi connectivity index (χ1n) is 12.9. The Hall–Kier alpha value is -4.01. The molecular formula is C27H36N4O10. The van der Waals surface area contributed by atoms with E-state index in [1.54, 1.807) is 33.1 Å². The average molecular weight is 577 g/mol. The Morgan fingerprint density at radius 3 is 2.39 bits per heavy atom. The Kier molecular flexibility index (Phi) is 10.1. The van der Waals surface area contributed by atoms with Gasteiger partial charge in [-0.3, -0.25) is 4.79 Å². The summed E-state index contributed by atoms with van der Waals surface area (Å²) in [6, 6.07) is 7.30. The van der Waals surface area contributed by atoms with Crippen molar-refractivity contribution in [3.05, 3.63) is 52.1 Å². The fourth-order valence-corrected chi connectivity index (χ4v) is 5.20. The maximum Gasteiger partial charge on any atom is 0.337 e. The smallest absolute Gasteiger partial charge is 0.337 e. The lowest BCUT2D eigenvalue weighted by Crippen LogP contribution is -2.54. The largest absolute Gasteiger partial charge is 0.493 e. The van der Waals surface area contributed by atoms with E-state index in [-0.39, 0.29) is 30.7 Å². The summed E-state index contributed by atoms with van der Waals surface area (Å²) in [5, 5.41) is 46.9. The summed E-state index contributed by atoms with van der Waals surface area (Å²) in [6.07, 6.45) is -1.03. The molecule has 0 radical (unpaired) electrons. The summed E-state index contributed by atoms with van der Waals surface area (Å²) in [6.45, 7) is 6.29. The number of likely N-dealkylation sites (tertiary alicyclic amines) is 1. The number of benzene rings is 1. The van der Waals surface area contributed by atoms with Crippen LogP contribution in [0.1, 0.15) is 41.3 Å². The summed E-state index contributed by atoms with van der Waals surface area (Å²) >= 11 is 0. The monoisotopic (exact) mass is 576 g/mol. The van der Waals surface area contributed by atoms with Crippen LogP contribution < -0.4 is 14.4 Å². The topological polar surface area (TPSA) is 203 Å². The fraction of sp³-hybridized carbons (Fsp3) is 0.519. The highest BCUT2D eigenvalue weighted by molar-refractivity contribution is 5.89. The Morgan fingerprint density at radius 1 is 1.20 bits per heavy atom. The van der Waals surface area contributed by atoms with Gasteiger partial charge in [-0.2, -0.15) is 0 Å². The normalized spacial score (nSPS) is 21.7. The van der Waals surface area contributed by atoms with Gasteiger partial charge in [0.1, 0.15) is 11.9 Å². The molecule has 2 fully saturated rings. The minimum atomic E-state index is -1.50. The standard InChI is InChI=1S/C27H35N3O8.HNO2/c1-15-7-24(28-9-19(15)26(35)36)29-10-18(11-29)38-23-8-17(5-6-22(23)37-4)20-12-30(25(34)21(33)13-31)14-27(20,3)16(2)32;2-1-3/h5-9,16,18,20-21,31-33H,10-14H2,1-4H3,(H,35,36);(H,2,3)/t16?,20-,21?,27-;/m0./s1. The highest BCUT2D eigenvalue weighted by atomic mass is 16.6. The molecule has 4 atom stereocenters. The van der Waals surface area contributed by atoms with Crippen LogP contribution >= 0.6 is 0 Å². The number of aryl methyl sites for hydroxylation is 1. The van der Waals surface area contributed by atoms with Crippen LogP contribution in [0.15, 0.2) is 35.8 Å². The molecule has 1 aromatic carbocycles. The zero-order chi connectivity index (χ0) is 30.5. The number of carboxylic acid groups (broad SMARTS) is 1. The quantitative estimate of drug-likeness (QED) is 0.211. The highest BCUT2D eigenvalue weighted by Crippen LogP contribution is 2.47. The van der Waals surface area contributed by atoms with Crippen LogP contribution in [0.25, 0.3) is 0 Å². The lowest BCUT2D eigenvalue weighted by atomic mass is 9.72. The second-order valence-electron chi connectivity index (χ2n) is 10.5. The van der Waals surface area contributed by atoms with Gasteiger partial charge in [0.15, 0.2) is 22.9 Å². The molecule has 0 aliphatic carbocycles. The molecule has 1 aromatic heterocycles. The van der Waals surface area contributed by atoms with Crippen molar-refractivity contribution >= 4 is 17.7 Å². The first-order valence-corrected chi connectivity index (χ1v) is 12.9. The maximum atomic E-state index is 12.6. The zero-order valence-corrected chi connectivity index (χ0v) is 23.3. The summed E-state index contributed by atoms with van der Waals surface area (Å²) in [5.74, 6) is -0.0588. The second kappa shape index (κ2) is 13.1. The predicted molar refractivity (Wildman–Crippen MR) is 145 cm³/mol. The number of rotatable bonds is 9. The van der Waals surface area contributed by atoms with Gasteiger partial charge in [-0.05, 0) is 43.2 Å². The third-order valence-corrected chi connectivity index (χ3v) is 7.84. The van der Waals surface area contributed by atoms with Crippen molar-refractivity contribution in [1.82, 2.24) is 9.88 Å². The number of aliphatic hydroxyl groups excluding tert-OH is 3. The number of amides is 1. The molecule has 2 aliphatic heterocycles. The van der Waals surface area contributed by atoms with E-state index >= 15 is 0 Å². The molecular weight excluding hydrogens is 540 g/mol. The lowest BCUT2D eigenvalue weighted by molar-refractivity contribution is -0.141. The lowest BCUT2D eigenvalue weighted by Gasteiger charge is -2.40. The second-order valence-corrected chi connectivity index (χ2v) is 10.5. The number of aromatic carboxylic acids is 1. The summed E-state index contributed by atoms with van der Waals surface area (Å²) in [4.78, 5) is 39.7. The summed E-state index contributed by atoms with van der Waals surface area (Å²) < 4.78 is 11.8. The summed E-state index contributed by atoms with van der Waals surface area (Å²) in [5.41, 5.74) is 0.981. The minimum Gasteiger partial charge on any atom is -0.493 e. The number of anilines is 1. The van der Waals surface area contributed by atoms with E-state index in [0.717, 1.165) is 5.56 Å². The zero-order valence-electron chi connectivity index (χ0n) is 23.3. The molecule has 224 valence electrons. The molecule has 2 saturated heterocycles. The molecule has 3 heterocycles. The van der Waals surface area contributed by atoms with E-state index in [2.05, 4.69) is 4.98 Å². The van der Waals surface area contributed by atoms with Crippen LogP contribution in [0.5, 0.6) is 11.5 Å². The van der Waals surface area contributed by atoms with Crippen LogP contribution in [0.4, 0.5) is 5.82 Å². The summed E-state index contributed by atoms with van der Waals surface area (Å²) in [7, 11) is 1.55. The van der Waals surface area contributed by atoms with Crippen molar-refractivity contribution in [2.45, 2.75) is 45.0 Å². The Morgan fingerprint density at radius 2 is 1.85 bits per heavy atom. The number of pyridine rings is 1. The number of methoxy groups -OCH3 is 1. The number of hydrogen-bond donors (Lipinski definition) is 5. The van der Waals surface area contributed by atoms with Gasteiger partial charge < -0.3 is 44.9 Å². The minimum absolute atomic E-state index is 0.148. The van der Waals surface area contributed by atoms with Gasteiger partial charge in [0.05, 0.1) is 38.5 Å². The number of hydrogen-bond acceptors (Lipinski definition) is 11. The Bertz CT molecular complexity index is 1250. The van der Waals surface area contributed by atoms with E-state index in [1.165, 1.54) is 16.4 Å². The molecule has 4 rings (SSSR count). The van der Waals surface area contributed by atoms with Crippen LogP contribution in [-0.2, 0) is 4.79 Å². The predicted octanol–water partition coefficient (Wildman–Crippen LogP) is 1.17. The number of aromatic nitrogens is 1. The van der Waals surface area contributed by atoms with Crippen molar-refractivity contribution in [1.29, 1.82) is 0 Å². The van der Waals surface area contributed by atoms with Gasteiger partial charge in [0.25, 0.3) is 5.91 Å². The number of carbonyl (C=O) groups excluding carboxylic acids is 1. The number of ether oxygens (including phenoxy) is 2. The van der Waals surface area contributed by atoms with Crippen LogP contribution in [0.2, 0.25) is 0 Å². The molecule has 2 aliphatic rings.